The fraction of sp³-hybridized carbons (Fsp3) is 0. The van der Waals surface area contributed by atoms with Gasteiger partial charge in [-0.15, -0.1) is 0 Å². The number of hydrogen-bond donors (Lipinski definition) is 0. The van der Waals surface area contributed by atoms with Crippen molar-refractivity contribution in [3.05, 3.63) is 152 Å². The van der Waals surface area contributed by atoms with E-state index in [2.05, 4.69) is 118 Å². The normalized spacial score (nSPS) is 14.6. The molecule has 214 valence electrons. The van der Waals surface area contributed by atoms with Gasteiger partial charge in [0.15, 0.2) is 0 Å². The maximum atomic E-state index is 9.33. The predicted molar refractivity (Wildman–Crippen MR) is 200 cm³/mol. The lowest BCUT2D eigenvalue weighted by Crippen LogP contribution is -2.59. The molecule has 3 heteroatoms. The third-order valence-electron chi connectivity index (χ3n) is 10.7. The molecule has 4 heterocycles. The lowest BCUT2D eigenvalue weighted by molar-refractivity contribution is 1.17. The van der Waals surface area contributed by atoms with Crippen molar-refractivity contribution in [3.8, 4) is 22.5 Å². The van der Waals surface area contributed by atoms with Gasteiger partial charge >= 0.3 is 0 Å². The van der Waals surface area contributed by atoms with Gasteiger partial charge in [-0.05, 0) is 67.8 Å². The molecule has 8 aromatic carbocycles. The van der Waals surface area contributed by atoms with Crippen LogP contribution in [0, 0.1) is 0 Å². The topological polar surface area (TPSA) is 9.86 Å². The molecule has 0 fully saturated rings. The number of aromatic nitrogens is 2. The molecule has 0 atom stereocenters. The summed E-state index contributed by atoms with van der Waals surface area (Å²) in [4.78, 5) is 0. The van der Waals surface area contributed by atoms with E-state index in [-0.39, 0.29) is 36.4 Å². The monoisotopic (exact) mass is 597 g/mol. The van der Waals surface area contributed by atoms with E-state index in [0.29, 0.717) is 5.56 Å². The molecule has 10 aromatic rings. The minimum absolute atomic E-state index is 0.102. The van der Waals surface area contributed by atoms with Gasteiger partial charge < -0.3 is 9.13 Å². The highest BCUT2D eigenvalue weighted by Crippen LogP contribution is 2.48. The Labute approximate surface area is 277 Å². The molecule has 0 aliphatic carbocycles. The molecule has 2 aromatic heterocycles. The van der Waals surface area contributed by atoms with E-state index >= 15 is 0 Å². The predicted octanol–water partition coefficient (Wildman–Crippen LogP) is 9.00. The summed E-state index contributed by atoms with van der Waals surface area (Å²) in [5, 5.41) is 8.54. The Morgan fingerprint density at radius 2 is 1.11 bits per heavy atom. The zero-order valence-corrected chi connectivity index (χ0v) is 25.0. The zero-order chi connectivity index (χ0) is 34.7. The molecule has 0 radical (unpaired) electrons. The Kier molecular flexibility index (Phi) is 3.60. The quantitative estimate of drug-likeness (QED) is 0.132. The van der Waals surface area contributed by atoms with Crippen molar-refractivity contribution in [1.82, 2.24) is 9.13 Å². The van der Waals surface area contributed by atoms with Crippen LogP contribution < -0.4 is 16.4 Å². The van der Waals surface area contributed by atoms with Gasteiger partial charge in [0.05, 0.1) is 28.9 Å². The van der Waals surface area contributed by atoms with Gasteiger partial charge in [0.25, 0.3) is 6.71 Å². The van der Waals surface area contributed by atoms with Gasteiger partial charge in [-0.25, -0.2) is 0 Å². The first-order valence-electron chi connectivity index (χ1n) is 18.6. The van der Waals surface area contributed by atoms with Crippen molar-refractivity contribution in [3.63, 3.8) is 0 Å². The summed E-state index contributed by atoms with van der Waals surface area (Å²) in [7, 11) is 0. The van der Waals surface area contributed by atoms with Crippen LogP contribution in [0.15, 0.2) is 152 Å². The summed E-state index contributed by atoms with van der Waals surface area (Å²) in [6, 6.07) is 41.6. The highest BCUT2D eigenvalue weighted by atomic mass is 15.0. The minimum Gasteiger partial charge on any atom is -0.310 e. The molecule has 2 aliphatic heterocycles. The van der Waals surface area contributed by atoms with E-state index in [1.54, 1.807) is 0 Å². The molecular weight excluding hydrogens is 567 g/mol. The number of para-hydroxylation sites is 3. The molecule has 2 aliphatic rings. The maximum Gasteiger partial charge on any atom is 0.252 e. The Balaban J connectivity index is 1.43. The number of nitrogens with zero attached hydrogens (tertiary/aromatic N) is 2. The van der Waals surface area contributed by atoms with E-state index in [1.807, 2.05) is 12.1 Å². The molecule has 12 rings (SSSR count). The number of benzene rings is 8. The minimum atomic E-state index is -0.392. The first kappa shape index (κ1) is 20.1. The summed E-state index contributed by atoms with van der Waals surface area (Å²) in [6.45, 7) is -0.102. The third-order valence-corrected chi connectivity index (χ3v) is 10.7. The highest BCUT2D eigenvalue weighted by molar-refractivity contribution is 7.00. The van der Waals surface area contributed by atoms with Gasteiger partial charge in [0.1, 0.15) is 0 Å². The average Bonchev–Trinajstić information content (AvgIpc) is 3.72. The first-order chi connectivity index (χ1) is 25.4. The van der Waals surface area contributed by atoms with Gasteiger partial charge in [-0.2, -0.15) is 0 Å². The summed E-state index contributed by atoms with van der Waals surface area (Å²) in [5.74, 6) is 0. The largest absolute Gasteiger partial charge is 0.310 e. The zero-order valence-electron chi connectivity index (χ0n) is 30.0. The smallest absolute Gasteiger partial charge is 0.252 e. The van der Waals surface area contributed by atoms with E-state index in [9.17, 15) is 2.74 Å². The van der Waals surface area contributed by atoms with E-state index in [4.69, 9.17) is 4.11 Å². The lowest BCUT2D eigenvalue weighted by Gasteiger charge is -2.33. The molecule has 0 unspecified atom stereocenters. The van der Waals surface area contributed by atoms with Crippen LogP contribution in [0.2, 0.25) is 0 Å². The van der Waals surface area contributed by atoms with Crippen molar-refractivity contribution < 1.29 is 6.85 Å². The van der Waals surface area contributed by atoms with Crippen molar-refractivity contribution in [2.45, 2.75) is 0 Å². The Hall–Kier alpha value is -6.06. The van der Waals surface area contributed by atoms with Gasteiger partial charge in [0, 0.05) is 38.5 Å². The summed E-state index contributed by atoms with van der Waals surface area (Å²) < 4.78 is 49.5. The van der Waals surface area contributed by atoms with Crippen LogP contribution in [0.25, 0.3) is 87.7 Å². The molecule has 0 N–H and O–H groups in total. The summed E-state index contributed by atoms with van der Waals surface area (Å²) in [6.07, 6.45) is 0. The van der Waals surface area contributed by atoms with Gasteiger partial charge in [-0.3, -0.25) is 0 Å². The van der Waals surface area contributed by atoms with Crippen molar-refractivity contribution in [2.75, 3.05) is 0 Å². The van der Waals surface area contributed by atoms with Crippen LogP contribution >= 0.6 is 0 Å². The van der Waals surface area contributed by atoms with E-state index in [0.717, 1.165) is 55.0 Å². The molecule has 0 saturated carbocycles. The summed E-state index contributed by atoms with van der Waals surface area (Å²) in [5.41, 5.74) is 10.8. The Bertz CT molecular complexity index is 3290. The average molecular weight is 598 g/mol. The molecule has 0 amide bonds. The molecule has 0 saturated heterocycles. The second-order valence-corrected chi connectivity index (χ2v) is 12.9. The molecule has 2 nitrogen and oxygen atoms in total. The van der Waals surface area contributed by atoms with Crippen LogP contribution in [-0.2, 0) is 0 Å². The van der Waals surface area contributed by atoms with Crippen LogP contribution in [0.1, 0.15) is 6.85 Å². The van der Waals surface area contributed by atoms with E-state index in [1.165, 1.54) is 37.9 Å². The van der Waals surface area contributed by atoms with E-state index < -0.39 is 6.04 Å². The number of hydrogen-bond acceptors (Lipinski definition) is 0. The van der Waals surface area contributed by atoms with Crippen LogP contribution in [0.4, 0.5) is 0 Å². The summed E-state index contributed by atoms with van der Waals surface area (Å²) >= 11 is 0. The Morgan fingerprint density at radius 3 is 1.87 bits per heavy atom. The van der Waals surface area contributed by atoms with Crippen molar-refractivity contribution in [1.29, 1.82) is 0 Å². The van der Waals surface area contributed by atoms with Crippen molar-refractivity contribution >= 4 is 88.3 Å². The number of rotatable bonds is 1. The fourth-order valence-corrected chi connectivity index (χ4v) is 9.03. The maximum absolute atomic E-state index is 9.33. The highest BCUT2D eigenvalue weighted by Gasteiger charge is 2.42. The third kappa shape index (κ3) is 2.81. The SMILES string of the molecule is [2H]c1c([2H])c([2H])c(-c2c3c4ccccc4n4c3c3c5c2c2ccccc2n5-c2cc5c(ccc6ccccc65)cc2B3c2ccccc2-4)c([2H])c1[2H]. The Morgan fingerprint density at radius 1 is 0.489 bits per heavy atom. The fourth-order valence-electron chi connectivity index (χ4n) is 9.03. The van der Waals surface area contributed by atoms with Gasteiger partial charge in [0.2, 0.25) is 0 Å². The van der Waals surface area contributed by atoms with Gasteiger partial charge in [-0.1, -0.05) is 127 Å². The van der Waals surface area contributed by atoms with Crippen LogP contribution in [-0.4, -0.2) is 15.8 Å². The van der Waals surface area contributed by atoms with Crippen LogP contribution in [0.3, 0.4) is 0 Å². The lowest BCUT2D eigenvalue weighted by atomic mass is 9.34. The van der Waals surface area contributed by atoms with Crippen LogP contribution in [0.5, 0.6) is 0 Å². The first-order valence-corrected chi connectivity index (χ1v) is 16.1. The number of fused-ring (bicyclic) bond motifs is 15. The second kappa shape index (κ2) is 8.40. The van der Waals surface area contributed by atoms with Crippen molar-refractivity contribution in [2.24, 2.45) is 0 Å². The molecular formula is C44H25BN2. The molecule has 0 bridgehead atoms. The molecule has 47 heavy (non-hydrogen) atoms. The molecule has 0 spiro atoms. The second-order valence-electron chi connectivity index (χ2n) is 12.9. The standard InChI is InChI=1S/C44H25BN2/c1-2-13-27(14-3-1)39-40-30-16-6-9-19-35(30)46-37-21-11-8-18-33(37)45-34-24-28-23-22-26-12-4-5-15-29(26)32(28)25-38(34)47-36-20-10-7-17-31(36)41(39)44(47)42(45)43(40)46/h1-25H/i1D,2D,3D,13D,14D.